The summed E-state index contributed by atoms with van der Waals surface area (Å²) in [6.07, 6.45) is 0.611. The van der Waals surface area contributed by atoms with Crippen molar-refractivity contribution >= 4 is 5.91 Å². The van der Waals surface area contributed by atoms with Gasteiger partial charge in [-0.15, -0.1) is 0 Å². The zero-order chi connectivity index (χ0) is 21.3. The molecule has 1 N–H and O–H groups in total. The smallest absolute Gasteiger partial charge is 0.220 e. The molecule has 2 aromatic carbocycles. The lowest BCUT2D eigenvalue weighted by Gasteiger charge is -2.35. The summed E-state index contributed by atoms with van der Waals surface area (Å²) in [6.45, 7) is 3.33. The minimum absolute atomic E-state index is 0.0221. The molecule has 6 nitrogen and oxygen atoms in total. The Morgan fingerprint density at radius 1 is 1.13 bits per heavy atom. The molecule has 2 aromatic rings. The van der Waals surface area contributed by atoms with Crippen LogP contribution in [-0.4, -0.2) is 57.9 Å². The standard InChI is InChI=1S/C23H29FN2O4/c1-28-21-9-7-18(15-22(21)29-2)20(26-11-13-30-14-12-26)16-25-23(27)10-8-17-5-3-4-6-19(17)24/h3-7,9,15,20H,8,10-14,16H2,1-2H3,(H,25,27). The average molecular weight is 416 g/mol. The predicted octanol–water partition coefficient (Wildman–Crippen LogP) is 2.97. The molecule has 0 radical (unpaired) electrons. The summed E-state index contributed by atoms with van der Waals surface area (Å²) in [4.78, 5) is 14.7. The summed E-state index contributed by atoms with van der Waals surface area (Å²) < 4.78 is 30.0. The van der Waals surface area contributed by atoms with E-state index >= 15 is 0 Å². The van der Waals surface area contributed by atoms with Crippen molar-refractivity contribution in [2.75, 3.05) is 47.1 Å². The highest BCUT2D eigenvalue weighted by Crippen LogP contribution is 2.32. The first-order valence-corrected chi connectivity index (χ1v) is 10.2. The van der Waals surface area contributed by atoms with Crippen LogP contribution >= 0.6 is 0 Å². The van der Waals surface area contributed by atoms with Crippen LogP contribution in [0.2, 0.25) is 0 Å². The molecule has 1 amide bonds. The highest BCUT2D eigenvalue weighted by molar-refractivity contribution is 5.76. The van der Waals surface area contributed by atoms with Gasteiger partial charge in [0.2, 0.25) is 5.91 Å². The van der Waals surface area contributed by atoms with Gasteiger partial charge in [0.05, 0.1) is 33.5 Å². The Bertz CT molecular complexity index is 840. The molecular weight excluding hydrogens is 387 g/mol. The van der Waals surface area contributed by atoms with Gasteiger partial charge in [-0.05, 0) is 35.7 Å². The Kier molecular flexibility index (Phi) is 8.04. The summed E-state index contributed by atoms with van der Waals surface area (Å²) in [7, 11) is 3.21. The van der Waals surface area contributed by atoms with Gasteiger partial charge < -0.3 is 19.5 Å². The summed E-state index contributed by atoms with van der Waals surface area (Å²) in [5.41, 5.74) is 1.58. The van der Waals surface area contributed by atoms with Crippen molar-refractivity contribution in [1.82, 2.24) is 10.2 Å². The molecular formula is C23H29FN2O4. The third-order valence-electron chi connectivity index (χ3n) is 5.35. The van der Waals surface area contributed by atoms with Crippen LogP contribution in [-0.2, 0) is 16.0 Å². The summed E-state index contributed by atoms with van der Waals surface area (Å²) in [5, 5.41) is 3.02. The number of carbonyl (C=O) groups is 1. The highest BCUT2D eigenvalue weighted by atomic mass is 19.1. The van der Waals surface area contributed by atoms with Crippen molar-refractivity contribution in [2.45, 2.75) is 18.9 Å². The minimum atomic E-state index is -0.276. The van der Waals surface area contributed by atoms with Crippen molar-refractivity contribution in [3.05, 3.63) is 59.4 Å². The predicted molar refractivity (Wildman–Crippen MR) is 112 cm³/mol. The molecule has 0 bridgehead atoms. The van der Waals surface area contributed by atoms with Gasteiger partial charge in [0.25, 0.3) is 0 Å². The van der Waals surface area contributed by atoms with E-state index < -0.39 is 0 Å². The molecule has 30 heavy (non-hydrogen) atoms. The molecule has 3 rings (SSSR count). The number of amides is 1. The molecule has 1 fully saturated rings. The van der Waals surface area contributed by atoms with Gasteiger partial charge in [0, 0.05) is 26.1 Å². The number of methoxy groups -OCH3 is 2. The number of halogens is 1. The van der Waals surface area contributed by atoms with Crippen LogP contribution in [0, 0.1) is 5.82 Å². The van der Waals surface area contributed by atoms with Crippen LogP contribution in [0.15, 0.2) is 42.5 Å². The van der Waals surface area contributed by atoms with E-state index in [1.165, 1.54) is 6.07 Å². The van der Waals surface area contributed by atoms with Crippen LogP contribution in [0.5, 0.6) is 11.5 Å². The topological polar surface area (TPSA) is 60.0 Å². The minimum Gasteiger partial charge on any atom is -0.493 e. The second kappa shape index (κ2) is 10.9. The first kappa shape index (κ1) is 22.1. The Balaban J connectivity index is 1.67. The van der Waals surface area contributed by atoms with Gasteiger partial charge >= 0.3 is 0 Å². The Morgan fingerprint density at radius 3 is 2.57 bits per heavy atom. The number of carbonyl (C=O) groups excluding carboxylic acids is 1. The fourth-order valence-electron chi connectivity index (χ4n) is 3.66. The molecule has 0 spiro atoms. The van der Waals surface area contributed by atoms with Crippen LogP contribution in [0.3, 0.4) is 0 Å². The normalized spacial score (nSPS) is 15.4. The van der Waals surface area contributed by atoms with Crippen molar-refractivity contribution in [3.8, 4) is 11.5 Å². The van der Waals surface area contributed by atoms with Gasteiger partial charge in [-0.3, -0.25) is 9.69 Å². The quantitative estimate of drug-likeness (QED) is 0.681. The zero-order valence-corrected chi connectivity index (χ0v) is 17.5. The molecule has 162 valence electrons. The SMILES string of the molecule is COc1ccc(C(CNC(=O)CCc2ccccc2F)N2CCOCC2)cc1OC. The summed E-state index contributed by atoms with van der Waals surface area (Å²) >= 11 is 0. The Labute approximate surface area is 176 Å². The van der Waals surface area contributed by atoms with Crippen molar-refractivity contribution in [1.29, 1.82) is 0 Å². The number of nitrogens with one attached hydrogen (secondary N) is 1. The van der Waals surface area contributed by atoms with Crippen LogP contribution in [0.25, 0.3) is 0 Å². The Morgan fingerprint density at radius 2 is 1.87 bits per heavy atom. The van der Waals surface area contributed by atoms with E-state index in [1.807, 2.05) is 18.2 Å². The number of ether oxygens (including phenoxy) is 3. The number of morpholine rings is 1. The number of hydrogen-bond donors (Lipinski definition) is 1. The molecule has 1 unspecified atom stereocenters. The van der Waals surface area contributed by atoms with Gasteiger partial charge in [-0.25, -0.2) is 4.39 Å². The van der Waals surface area contributed by atoms with Crippen LogP contribution < -0.4 is 14.8 Å². The van der Waals surface area contributed by atoms with E-state index in [4.69, 9.17) is 14.2 Å². The zero-order valence-electron chi connectivity index (χ0n) is 17.5. The first-order chi connectivity index (χ1) is 14.6. The van der Waals surface area contributed by atoms with Crippen molar-refractivity contribution in [3.63, 3.8) is 0 Å². The maximum Gasteiger partial charge on any atom is 0.220 e. The van der Waals surface area contributed by atoms with Gasteiger partial charge in [0.15, 0.2) is 11.5 Å². The van der Waals surface area contributed by atoms with Crippen LogP contribution in [0.1, 0.15) is 23.6 Å². The summed E-state index contributed by atoms with van der Waals surface area (Å²) in [6, 6.07) is 12.4. The lowest BCUT2D eigenvalue weighted by atomic mass is 10.0. The molecule has 1 aliphatic heterocycles. The van der Waals surface area contributed by atoms with Gasteiger partial charge in [-0.1, -0.05) is 24.3 Å². The first-order valence-electron chi connectivity index (χ1n) is 10.2. The second-order valence-corrected chi connectivity index (χ2v) is 7.17. The van der Waals surface area contributed by atoms with E-state index in [1.54, 1.807) is 32.4 Å². The van der Waals surface area contributed by atoms with E-state index in [9.17, 15) is 9.18 Å². The van der Waals surface area contributed by atoms with Gasteiger partial charge in [0.1, 0.15) is 5.82 Å². The van der Waals surface area contributed by atoms with E-state index in [0.29, 0.717) is 43.2 Å². The second-order valence-electron chi connectivity index (χ2n) is 7.17. The Hall–Kier alpha value is -2.64. The molecule has 0 aromatic heterocycles. The maximum atomic E-state index is 13.8. The molecule has 1 atom stereocenters. The van der Waals surface area contributed by atoms with Crippen LogP contribution in [0.4, 0.5) is 4.39 Å². The lowest BCUT2D eigenvalue weighted by molar-refractivity contribution is -0.121. The third kappa shape index (κ3) is 5.70. The fraction of sp³-hybridized carbons (Fsp3) is 0.435. The number of rotatable bonds is 9. The van der Waals surface area contributed by atoms with Crippen molar-refractivity contribution in [2.24, 2.45) is 0 Å². The lowest BCUT2D eigenvalue weighted by Crippen LogP contribution is -2.43. The highest BCUT2D eigenvalue weighted by Gasteiger charge is 2.24. The fourth-order valence-corrected chi connectivity index (χ4v) is 3.66. The molecule has 1 aliphatic rings. The van der Waals surface area contributed by atoms with E-state index in [0.717, 1.165) is 18.7 Å². The molecule has 1 heterocycles. The van der Waals surface area contributed by atoms with Gasteiger partial charge in [-0.2, -0.15) is 0 Å². The number of benzene rings is 2. The number of nitrogens with zero attached hydrogens (tertiary/aromatic N) is 1. The molecule has 0 aliphatic carbocycles. The average Bonchev–Trinajstić information content (AvgIpc) is 2.79. The third-order valence-corrected chi connectivity index (χ3v) is 5.35. The summed E-state index contributed by atoms with van der Waals surface area (Å²) in [5.74, 6) is 0.939. The monoisotopic (exact) mass is 416 g/mol. The number of aryl methyl sites for hydroxylation is 1. The molecule has 0 saturated carbocycles. The maximum absolute atomic E-state index is 13.8. The number of hydrogen-bond acceptors (Lipinski definition) is 5. The largest absolute Gasteiger partial charge is 0.493 e. The van der Waals surface area contributed by atoms with Crippen molar-refractivity contribution < 1.29 is 23.4 Å². The molecule has 7 heteroatoms. The van der Waals surface area contributed by atoms with E-state index in [2.05, 4.69) is 10.2 Å². The molecule has 1 saturated heterocycles. The van der Waals surface area contributed by atoms with E-state index in [-0.39, 0.29) is 24.2 Å².